The molecular weight excluding hydrogens is 313 g/mol. The Morgan fingerprint density at radius 1 is 1.33 bits per heavy atom. The molecule has 0 aliphatic heterocycles. The molecule has 110 valence electrons. The number of halogens is 2. The zero-order chi connectivity index (χ0) is 15.4. The van der Waals surface area contributed by atoms with Crippen LogP contribution in [-0.4, -0.2) is 16.5 Å². The minimum Gasteiger partial charge on any atom is -0.370 e. The van der Waals surface area contributed by atoms with E-state index in [0.717, 1.165) is 11.1 Å². The van der Waals surface area contributed by atoms with E-state index >= 15 is 0 Å². The van der Waals surface area contributed by atoms with Crippen LogP contribution in [0.5, 0.6) is 0 Å². The maximum absolute atomic E-state index is 10.6. The summed E-state index contributed by atoms with van der Waals surface area (Å²) in [5.74, 6) is 0.630. The summed E-state index contributed by atoms with van der Waals surface area (Å²) in [4.78, 5) is 14.2. The maximum Gasteiger partial charge on any atom is 0.287 e. The minimum absolute atomic E-state index is 0.0150. The van der Waals surface area contributed by atoms with Crippen molar-refractivity contribution in [3.05, 3.63) is 61.7 Å². The maximum atomic E-state index is 10.6. The van der Waals surface area contributed by atoms with Crippen LogP contribution in [0, 0.1) is 17.0 Å². The molecular formula is C14H13Cl2N3O2. The van der Waals surface area contributed by atoms with Gasteiger partial charge in [0.25, 0.3) is 5.69 Å². The van der Waals surface area contributed by atoms with Crippen LogP contribution in [0.15, 0.2) is 30.5 Å². The van der Waals surface area contributed by atoms with Gasteiger partial charge in [-0.15, -0.1) is 0 Å². The van der Waals surface area contributed by atoms with Gasteiger partial charge in [0.1, 0.15) is 12.0 Å². The van der Waals surface area contributed by atoms with E-state index in [9.17, 15) is 10.1 Å². The van der Waals surface area contributed by atoms with Crippen LogP contribution in [0.1, 0.15) is 11.1 Å². The van der Waals surface area contributed by atoms with Gasteiger partial charge in [0, 0.05) is 22.7 Å². The van der Waals surface area contributed by atoms with Crippen LogP contribution < -0.4 is 5.32 Å². The van der Waals surface area contributed by atoms with Crippen LogP contribution in [0.25, 0.3) is 0 Å². The summed E-state index contributed by atoms with van der Waals surface area (Å²) in [6.07, 6.45) is 1.94. The number of aryl methyl sites for hydroxylation is 1. The van der Waals surface area contributed by atoms with Gasteiger partial charge in [-0.1, -0.05) is 29.3 Å². The number of benzene rings is 1. The predicted octanol–water partition coefficient (Wildman–Crippen LogP) is 4.26. The SMILES string of the molecule is Cc1cc([N+](=O)[O-])cnc1NCCc1ccc(Cl)cc1Cl. The van der Waals surface area contributed by atoms with Crippen LogP contribution in [-0.2, 0) is 6.42 Å². The zero-order valence-corrected chi connectivity index (χ0v) is 12.8. The summed E-state index contributed by atoms with van der Waals surface area (Å²) in [6.45, 7) is 2.39. The first-order chi connectivity index (χ1) is 9.97. The van der Waals surface area contributed by atoms with Gasteiger partial charge in [-0.2, -0.15) is 0 Å². The molecule has 0 fully saturated rings. The molecule has 5 nitrogen and oxygen atoms in total. The highest BCUT2D eigenvalue weighted by Crippen LogP contribution is 2.22. The Labute approximate surface area is 132 Å². The molecule has 0 aliphatic carbocycles. The lowest BCUT2D eigenvalue weighted by Crippen LogP contribution is -2.08. The van der Waals surface area contributed by atoms with Gasteiger partial charge in [-0.05, 0) is 36.6 Å². The highest BCUT2D eigenvalue weighted by molar-refractivity contribution is 6.35. The number of nitrogens with zero attached hydrogens (tertiary/aromatic N) is 2. The van der Waals surface area contributed by atoms with E-state index in [1.807, 2.05) is 6.07 Å². The van der Waals surface area contributed by atoms with Crippen molar-refractivity contribution < 1.29 is 4.92 Å². The lowest BCUT2D eigenvalue weighted by molar-refractivity contribution is -0.385. The molecule has 0 atom stereocenters. The van der Waals surface area contributed by atoms with Crippen molar-refractivity contribution in [2.75, 3.05) is 11.9 Å². The fourth-order valence-electron chi connectivity index (χ4n) is 1.88. The predicted molar refractivity (Wildman–Crippen MR) is 84.3 cm³/mol. The van der Waals surface area contributed by atoms with Crippen LogP contribution >= 0.6 is 23.2 Å². The van der Waals surface area contributed by atoms with Gasteiger partial charge in [0.05, 0.1) is 4.92 Å². The first-order valence-electron chi connectivity index (χ1n) is 6.26. The quantitative estimate of drug-likeness (QED) is 0.658. The molecule has 0 bridgehead atoms. The molecule has 1 aromatic carbocycles. The van der Waals surface area contributed by atoms with Gasteiger partial charge < -0.3 is 5.32 Å². The van der Waals surface area contributed by atoms with Crippen LogP contribution in [0.3, 0.4) is 0 Å². The second-order valence-electron chi connectivity index (χ2n) is 4.53. The second-order valence-corrected chi connectivity index (χ2v) is 5.37. The zero-order valence-electron chi connectivity index (χ0n) is 11.3. The number of hydrogen-bond acceptors (Lipinski definition) is 4. The van der Waals surface area contributed by atoms with Gasteiger partial charge in [-0.3, -0.25) is 10.1 Å². The largest absolute Gasteiger partial charge is 0.370 e. The van der Waals surface area contributed by atoms with Crippen molar-refractivity contribution in [3.63, 3.8) is 0 Å². The van der Waals surface area contributed by atoms with Gasteiger partial charge >= 0.3 is 0 Å². The Balaban J connectivity index is 1.99. The standard InChI is InChI=1S/C14H13Cl2N3O2/c1-9-6-12(19(20)21)8-18-14(9)17-5-4-10-2-3-11(15)7-13(10)16/h2-3,6-8H,4-5H2,1H3,(H,17,18). The van der Waals surface area contributed by atoms with Crippen molar-refractivity contribution in [2.24, 2.45) is 0 Å². The molecule has 7 heteroatoms. The van der Waals surface area contributed by atoms with Crippen molar-refractivity contribution in [3.8, 4) is 0 Å². The molecule has 0 saturated heterocycles. The summed E-state index contributed by atoms with van der Waals surface area (Å²) in [7, 11) is 0. The third kappa shape index (κ3) is 4.06. The molecule has 2 aromatic rings. The number of rotatable bonds is 5. The Bertz CT molecular complexity index is 677. The van der Waals surface area contributed by atoms with Crippen LogP contribution in [0.4, 0.5) is 11.5 Å². The fourth-order valence-corrected chi connectivity index (χ4v) is 2.39. The van der Waals surface area contributed by atoms with E-state index < -0.39 is 4.92 Å². The van der Waals surface area contributed by atoms with E-state index in [2.05, 4.69) is 10.3 Å². The molecule has 0 unspecified atom stereocenters. The van der Waals surface area contributed by atoms with Crippen molar-refractivity contribution in [1.29, 1.82) is 0 Å². The highest BCUT2D eigenvalue weighted by Gasteiger charge is 2.09. The monoisotopic (exact) mass is 325 g/mol. The summed E-state index contributed by atoms with van der Waals surface area (Å²) in [6, 6.07) is 6.86. The first kappa shape index (κ1) is 15.5. The lowest BCUT2D eigenvalue weighted by atomic mass is 10.1. The molecule has 21 heavy (non-hydrogen) atoms. The summed E-state index contributed by atoms with van der Waals surface area (Å²) < 4.78 is 0. The third-order valence-corrected chi connectivity index (χ3v) is 3.56. The summed E-state index contributed by atoms with van der Waals surface area (Å²) >= 11 is 11.9. The Morgan fingerprint density at radius 3 is 2.71 bits per heavy atom. The van der Waals surface area contributed by atoms with E-state index in [1.54, 1.807) is 19.1 Å². The lowest BCUT2D eigenvalue weighted by Gasteiger charge is -2.09. The highest BCUT2D eigenvalue weighted by atomic mass is 35.5. The summed E-state index contributed by atoms with van der Waals surface area (Å²) in [5, 5.41) is 15.0. The molecule has 0 saturated carbocycles. The van der Waals surface area contributed by atoms with Crippen molar-refractivity contribution in [1.82, 2.24) is 4.98 Å². The smallest absolute Gasteiger partial charge is 0.287 e. The number of hydrogen-bond donors (Lipinski definition) is 1. The number of pyridine rings is 1. The third-order valence-electron chi connectivity index (χ3n) is 2.98. The van der Waals surface area contributed by atoms with Gasteiger partial charge in [0.15, 0.2) is 0 Å². The number of nitrogens with one attached hydrogen (secondary N) is 1. The molecule has 0 aliphatic rings. The Morgan fingerprint density at radius 2 is 2.10 bits per heavy atom. The average molecular weight is 326 g/mol. The molecule has 2 rings (SSSR count). The van der Waals surface area contributed by atoms with E-state index in [4.69, 9.17) is 23.2 Å². The molecule has 1 heterocycles. The van der Waals surface area contributed by atoms with Crippen molar-refractivity contribution in [2.45, 2.75) is 13.3 Å². The first-order valence-corrected chi connectivity index (χ1v) is 7.02. The Hall–Kier alpha value is -1.85. The van der Waals surface area contributed by atoms with E-state index in [0.29, 0.717) is 28.8 Å². The molecule has 0 amide bonds. The van der Waals surface area contributed by atoms with E-state index in [1.165, 1.54) is 12.3 Å². The summed E-state index contributed by atoms with van der Waals surface area (Å²) in [5.41, 5.74) is 1.69. The Kier molecular flexibility index (Phi) is 4.98. The van der Waals surface area contributed by atoms with Gasteiger partial charge in [0.2, 0.25) is 0 Å². The second kappa shape index (κ2) is 6.74. The van der Waals surface area contributed by atoms with E-state index in [-0.39, 0.29) is 5.69 Å². The molecule has 1 N–H and O–H groups in total. The fraction of sp³-hybridized carbons (Fsp3) is 0.214. The van der Waals surface area contributed by atoms with Gasteiger partial charge in [-0.25, -0.2) is 4.98 Å². The molecule has 0 spiro atoms. The topological polar surface area (TPSA) is 68.1 Å². The normalized spacial score (nSPS) is 10.4. The molecule has 1 aromatic heterocycles. The minimum atomic E-state index is -0.461. The number of aromatic nitrogens is 1. The number of anilines is 1. The van der Waals surface area contributed by atoms with Crippen molar-refractivity contribution >= 4 is 34.7 Å². The molecule has 0 radical (unpaired) electrons. The van der Waals surface area contributed by atoms with Crippen LogP contribution in [0.2, 0.25) is 10.0 Å². The number of nitro groups is 1. The average Bonchev–Trinajstić information content (AvgIpc) is 2.42.